The lowest BCUT2D eigenvalue weighted by Gasteiger charge is -2.05. The van der Waals surface area contributed by atoms with Gasteiger partial charge in [-0.05, 0) is 29.7 Å². The predicted octanol–water partition coefficient (Wildman–Crippen LogP) is 3.46. The summed E-state index contributed by atoms with van der Waals surface area (Å²) < 4.78 is 7.15. The highest BCUT2D eigenvalue weighted by Gasteiger charge is 2.16. The van der Waals surface area contributed by atoms with Crippen LogP contribution in [0.2, 0.25) is 0 Å². The number of methoxy groups -OCH3 is 1. The molecule has 0 fully saturated rings. The molecule has 0 saturated carbocycles. The number of carbonyl (C=O) groups is 1. The molecule has 0 saturated heterocycles. The third kappa shape index (κ3) is 3.87. The molecule has 0 radical (unpaired) electrons. The van der Waals surface area contributed by atoms with Crippen molar-refractivity contribution in [2.45, 2.75) is 13.0 Å². The molecule has 2 aromatic carbocycles. The summed E-state index contributed by atoms with van der Waals surface area (Å²) >= 11 is 0. The lowest BCUT2D eigenvalue weighted by Crippen LogP contribution is -2.37. The summed E-state index contributed by atoms with van der Waals surface area (Å²) in [7, 11) is 1.58. The van der Waals surface area contributed by atoms with Crippen molar-refractivity contribution in [1.29, 1.82) is 0 Å². The zero-order valence-corrected chi connectivity index (χ0v) is 13.7. The fourth-order valence-electron chi connectivity index (χ4n) is 2.67. The van der Waals surface area contributed by atoms with E-state index in [2.05, 4.69) is 24.3 Å². The number of pyridine rings is 1. The molecular weight excluding hydrogens is 298 g/mol. The van der Waals surface area contributed by atoms with Crippen LogP contribution >= 0.6 is 0 Å². The molecule has 0 amide bonds. The van der Waals surface area contributed by atoms with Gasteiger partial charge in [0.1, 0.15) is 5.75 Å². The molecule has 0 N–H and O–H groups in total. The summed E-state index contributed by atoms with van der Waals surface area (Å²) in [6.07, 6.45) is 4.79. The Morgan fingerprint density at radius 2 is 1.50 bits per heavy atom. The summed E-state index contributed by atoms with van der Waals surface area (Å²) in [5.74, 6) is 0.650. The van der Waals surface area contributed by atoms with Crippen molar-refractivity contribution in [3.63, 3.8) is 0 Å². The maximum absolute atomic E-state index is 12.5. The summed E-state index contributed by atoms with van der Waals surface area (Å²) in [5.41, 5.74) is 3.11. The maximum Gasteiger partial charge on any atom is 0.231 e. The second kappa shape index (κ2) is 7.55. The van der Waals surface area contributed by atoms with Gasteiger partial charge < -0.3 is 4.74 Å². The normalized spacial score (nSPS) is 10.4. The monoisotopic (exact) mass is 318 g/mol. The zero-order chi connectivity index (χ0) is 16.8. The van der Waals surface area contributed by atoms with Crippen molar-refractivity contribution >= 4 is 5.78 Å². The first-order valence-corrected chi connectivity index (χ1v) is 7.94. The zero-order valence-electron chi connectivity index (χ0n) is 13.7. The Balaban J connectivity index is 1.69. The fraction of sp³-hybridized carbons (Fsp3) is 0.143. The van der Waals surface area contributed by atoms with E-state index in [1.807, 2.05) is 47.3 Å². The van der Waals surface area contributed by atoms with Gasteiger partial charge in [-0.2, -0.15) is 4.57 Å². The average molecular weight is 318 g/mol. The van der Waals surface area contributed by atoms with Crippen LogP contribution in [0, 0.1) is 0 Å². The Labute approximate surface area is 142 Å². The van der Waals surface area contributed by atoms with Crippen molar-refractivity contribution < 1.29 is 14.1 Å². The van der Waals surface area contributed by atoms with Crippen molar-refractivity contribution in [3.8, 4) is 5.75 Å². The van der Waals surface area contributed by atoms with Gasteiger partial charge in [-0.3, -0.25) is 4.79 Å². The number of carbonyl (C=O) groups excluding carboxylic acids is 1. The number of nitrogens with zero attached hydrogens (tertiary/aromatic N) is 1. The van der Waals surface area contributed by atoms with Crippen LogP contribution in [0.1, 0.15) is 21.5 Å². The molecule has 1 aromatic heterocycles. The molecule has 120 valence electrons. The van der Waals surface area contributed by atoms with E-state index in [0.717, 1.165) is 6.42 Å². The predicted molar refractivity (Wildman–Crippen MR) is 93.2 cm³/mol. The van der Waals surface area contributed by atoms with E-state index in [1.165, 1.54) is 11.1 Å². The topological polar surface area (TPSA) is 30.2 Å². The lowest BCUT2D eigenvalue weighted by molar-refractivity contribution is -0.683. The Morgan fingerprint density at radius 1 is 0.875 bits per heavy atom. The third-order valence-electron chi connectivity index (χ3n) is 3.94. The van der Waals surface area contributed by atoms with Crippen LogP contribution in [-0.4, -0.2) is 12.9 Å². The lowest BCUT2D eigenvalue weighted by atomic mass is 10.1. The first-order valence-electron chi connectivity index (χ1n) is 7.94. The highest BCUT2D eigenvalue weighted by atomic mass is 16.5. The van der Waals surface area contributed by atoms with Crippen LogP contribution < -0.4 is 9.30 Å². The third-order valence-corrected chi connectivity index (χ3v) is 3.94. The maximum atomic E-state index is 12.5. The van der Waals surface area contributed by atoms with E-state index in [4.69, 9.17) is 4.74 Å². The molecule has 3 heteroatoms. The molecule has 3 nitrogen and oxygen atoms in total. The van der Waals surface area contributed by atoms with Gasteiger partial charge in [-0.25, -0.2) is 0 Å². The molecule has 1 heterocycles. The largest absolute Gasteiger partial charge is 0.496 e. The molecule has 3 rings (SSSR count). The van der Waals surface area contributed by atoms with Gasteiger partial charge in [0, 0.05) is 12.1 Å². The van der Waals surface area contributed by atoms with Crippen LogP contribution in [0.3, 0.4) is 0 Å². The quantitative estimate of drug-likeness (QED) is 0.515. The van der Waals surface area contributed by atoms with Crippen molar-refractivity contribution in [1.82, 2.24) is 0 Å². The number of hydrogen-bond donors (Lipinski definition) is 0. The van der Waals surface area contributed by atoms with Crippen LogP contribution in [-0.2, 0) is 13.0 Å². The smallest absolute Gasteiger partial charge is 0.231 e. The molecule has 0 unspecified atom stereocenters. The summed E-state index contributed by atoms with van der Waals surface area (Å²) in [5, 5.41) is 0. The Bertz CT molecular complexity index is 811. The van der Waals surface area contributed by atoms with Crippen LogP contribution in [0.5, 0.6) is 5.75 Å². The number of aromatic nitrogens is 1. The molecule has 0 aliphatic carbocycles. The highest BCUT2D eigenvalue weighted by molar-refractivity contribution is 5.97. The first kappa shape index (κ1) is 15.9. The van der Waals surface area contributed by atoms with Crippen molar-refractivity contribution in [2.75, 3.05) is 7.11 Å². The second-order valence-electron chi connectivity index (χ2n) is 5.66. The van der Waals surface area contributed by atoms with Gasteiger partial charge in [0.05, 0.1) is 12.7 Å². The van der Waals surface area contributed by atoms with E-state index >= 15 is 0 Å². The number of ether oxygens (including phenoxy) is 1. The van der Waals surface area contributed by atoms with Gasteiger partial charge >= 0.3 is 0 Å². The SMILES string of the molecule is COc1ccccc1C(=O)C[n+]1ccc(Cc2ccccc2)cc1. The minimum atomic E-state index is 0.0354. The standard InChI is InChI=1S/C21H20NO2/c1-24-21-10-6-5-9-19(21)20(23)16-22-13-11-18(12-14-22)15-17-7-3-2-4-8-17/h2-14H,15-16H2,1H3/q+1. The molecule has 0 aliphatic heterocycles. The number of benzene rings is 2. The number of para-hydroxylation sites is 1. The minimum absolute atomic E-state index is 0.0354. The Kier molecular flexibility index (Phi) is 5.02. The number of Topliss-reactive ketones (excluding diaryl/α,β-unsaturated/α-hetero) is 1. The summed E-state index contributed by atoms with van der Waals surface area (Å²) in [6, 6.07) is 21.8. The van der Waals surface area contributed by atoms with E-state index in [1.54, 1.807) is 19.2 Å². The van der Waals surface area contributed by atoms with Crippen molar-refractivity contribution in [2.24, 2.45) is 0 Å². The van der Waals surface area contributed by atoms with Gasteiger partial charge in [-0.15, -0.1) is 0 Å². The van der Waals surface area contributed by atoms with E-state index < -0.39 is 0 Å². The molecule has 0 spiro atoms. The van der Waals surface area contributed by atoms with Gasteiger partial charge in [0.2, 0.25) is 12.3 Å². The van der Waals surface area contributed by atoms with Crippen molar-refractivity contribution in [3.05, 3.63) is 95.8 Å². The van der Waals surface area contributed by atoms with Gasteiger partial charge in [0.15, 0.2) is 12.4 Å². The Hall–Kier alpha value is -2.94. The summed E-state index contributed by atoms with van der Waals surface area (Å²) in [4.78, 5) is 12.5. The number of hydrogen-bond acceptors (Lipinski definition) is 2. The molecule has 0 atom stereocenters. The molecule has 24 heavy (non-hydrogen) atoms. The Morgan fingerprint density at radius 3 is 2.21 bits per heavy atom. The molecular formula is C21H20NO2+. The van der Waals surface area contributed by atoms with E-state index in [9.17, 15) is 4.79 Å². The van der Waals surface area contributed by atoms with E-state index in [-0.39, 0.29) is 5.78 Å². The van der Waals surface area contributed by atoms with Crippen LogP contribution in [0.4, 0.5) is 0 Å². The highest BCUT2D eigenvalue weighted by Crippen LogP contribution is 2.17. The fourth-order valence-corrected chi connectivity index (χ4v) is 2.67. The second-order valence-corrected chi connectivity index (χ2v) is 5.66. The first-order chi connectivity index (χ1) is 11.8. The van der Waals surface area contributed by atoms with Crippen LogP contribution in [0.25, 0.3) is 0 Å². The molecule has 0 aliphatic rings. The van der Waals surface area contributed by atoms with Gasteiger partial charge in [0.25, 0.3) is 0 Å². The van der Waals surface area contributed by atoms with Gasteiger partial charge in [-0.1, -0.05) is 42.5 Å². The molecule has 0 bridgehead atoms. The summed E-state index contributed by atoms with van der Waals surface area (Å²) in [6.45, 7) is 0.298. The van der Waals surface area contributed by atoms with E-state index in [0.29, 0.717) is 17.9 Å². The van der Waals surface area contributed by atoms with Crippen LogP contribution in [0.15, 0.2) is 79.1 Å². The molecule has 3 aromatic rings. The minimum Gasteiger partial charge on any atom is -0.496 e. The number of rotatable bonds is 6. The number of ketones is 1. The average Bonchev–Trinajstić information content (AvgIpc) is 2.64.